The molecule has 0 aliphatic carbocycles. The van der Waals surface area contributed by atoms with E-state index in [1.165, 1.54) is 27.7 Å². The van der Waals surface area contributed by atoms with E-state index in [2.05, 4.69) is 65.0 Å². The SMILES string of the molecule is C=C(C)C(=O)OCCOC(=O)CCCCCOP(=O)(O)O.C=C(C)C(=O)OCCOC(=O)CCCCCO[P+](=O)O.C=C(C)C(=O)OCCOC(=O)CCCCCO[P+](=O)O.C=C(C)C(=O)OCCOP(=O)(O)O.C=CC(=O)OCCOP(=O)(O)O. The smallest absolute Gasteiger partial charge is 0.462 e. The topological polar surface area (TPSA) is 504 Å². The molecule has 2 unspecified atom stereocenters. The monoisotopic (exact) mass is 1340 g/mol. The highest BCUT2D eigenvalue weighted by atomic mass is 31.2. The number of carbonyl (C=O) groups is 8. The minimum Gasteiger partial charge on any atom is -0.462 e. The summed E-state index contributed by atoms with van der Waals surface area (Å²) in [7, 11) is -18.4. The fraction of sp³-hybridized carbons (Fsp3) is 0.617. The minimum atomic E-state index is -4.46. The molecule has 0 radical (unpaired) electrons. The first-order valence-corrected chi connectivity index (χ1v) is 32.0. The lowest BCUT2D eigenvalue weighted by atomic mass is 10.2. The molecule has 0 bridgehead atoms. The maximum absolute atomic E-state index is 11.3. The third-order valence-electron chi connectivity index (χ3n) is 8.20. The van der Waals surface area contributed by atoms with Crippen LogP contribution in [0.5, 0.6) is 0 Å². The number of hydrogen-bond donors (Lipinski definition) is 8. The van der Waals surface area contributed by atoms with Gasteiger partial charge in [-0.3, -0.25) is 28.0 Å². The van der Waals surface area contributed by atoms with Crippen molar-refractivity contribution < 1.29 is 161 Å². The van der Waals surface area contributed by atoms with Gasteiger partial charge in [0.25, 0.3) is 0 Å². The number of esters is 8. The molecule has 0 rings (SSSR count). The molecule has 2 atom stereocenters. The van der Waals surface area contributed by atoms with Crippen molar-refractivity contribution in [3.63, 3.8) is 0 Å². The lowest BCUT2D eigenvalue weighted by Gasteiger charge is -2.06. The Balaban J connectivity index is -0.000000323. The van der Waals surface area contributed by atoms with Gasteiger partial charge < -0.3 is 67.3 Å². The van der Waals surface area contributed by atoms with Crippen LogP contribution in [0.1, 0.15) is 105 Å². The minimum absolute atomic E-state index is 0.00875. The van der Waals surface area contributed by atoms with E-state index in [0.29, 0.717) is 68.9 Å². The van der Waals surface area contributed by atoms with E-state index in [4.69, 9.17) is 67.6 Å². The lowest BCUT2D eigenvalue weighted by molar-refractivity contribution is -0.150. The second kappa shape index (κ2) is 56.3. The van der Waals surface area contributed by atoms with Crippen molar-refractivity contribution >= 4 is 87.7 Å². The second-order valence-electron chi connectivity index (χ2n) is 16.2. The molecule has 0 aliphatic heterocycles. The maximum Gasteiger partial charge on any atom is 0.694 e. The zero-order valence-electron chi connectivity index (χ0n) is 48.2. The first-order chi connectivity index (χ1) is 39.9. The summed E-state index contributed by atoms with van der Waals surface area (Å²) in [6.07, 6.45) is 6.98. The highest BCUT2D eigenvalue weighted by Crippen LogP contribution is 2.36. The summed E-state index contributed by atoms with van der Waals surface area (Å²) in [6.45, 7) is 22.0. The van der Waals surface area contributed by atoms with Gasteiger partial charge in [0.05, 0.1) is 19.8 Å². The Morgan fingerprint density at radius 2 is 0.593 bits per heavy atom. The molecular weight excluding hydrogens is 1260 g/mol. The van der Waals surface area contributed by atoms with Crippen molar-refractivity contribution in [2.75, 3.05) is 85.9 Å². The van der Waals surface area contributed by atoms with Gasteiger partial charge in [0.15, 0.2) is 0 Å². The van der Waals surface area contributed by atoms with Gasteiger partial charge in [0.1, 0.15) is 66.1 Å². The number of phosphoric ester groups is 3. The first-order valence-electron chi connectivity index (χ1n) is 25.1. The van der Waals surface area contributed by atoms with Gasteiger partial charge >= 0.3 is 87.7 Å². The van der Waals surface area contributed by atoms with Gasteiger partial charge in [0.2, 0.25) is 0 Å². The first kappa shape index (κ1) is 89.6. The summed E-state index contributed by atoms with van der Waals surface area (Å²) in [5.74, 6) is -3.99. The van der Waals surface area contributed by atoms with Crippen LogP contribution in [-0.2, 0) is 122 Å². The molecule has 0 aromatic carbocycles. The van der Waals surface area contributed by atoms with Crippen molar-refractivity contribution in [1.82, 2.24) is 0 Å². The van der Waals surface area contributed by atoms with Crippen LogP contribution in [0.15, 0.2) is 61.3 Å². The molecule has 0 fully saturated rings. The van der Waals surface area contributed by atoms with Crippen LogP contribution in [0.2, 0.25) is 0 Å². The quantitative estimate of drug-likeness (QED) is 0.0129. The molecule has 0 saturated heterocycles. The third-order valence-corrected chi connectivity index (χ3v) is 10.6. The molecular formula is C47H81O34P5+2. The average molecular weight is 1350 g/mol. The zero-order valence-corrected chi connectivity index (χ0v) is 52.7. The van der Waals surface area contributed by atoms with Crippen LogP contribution in [0.3, 0.4) is 0 Å². The molecule has 0 amide bonds. The standard InChI is InChI=1S/C12H21O8P.2C12H19O7P.C6H11O6P.C5H9O6P/c1-10(2)12(14)19-9-8-18-11(13)6-4-3-5-7-20-21(15,16)17;2*1-10(2)12(14)18-9-8-17-11(13)6-4-3-5-7-19-20(15)16;1-5(2)6(7)11-3-4-12-13(8,9)10;1-2-5(6)10-3-4-11-12(7,8)9/h1,3-9H2,2H3,(H2,15,16,17);2*1,3-9H2,2H3;1,3-4H2,2H3,(H2,8,9,10);2H,1,3-4H2,(H2,7,8,9)/p+2. The predicted molar refractivity (Wildman–Crippen MR) is 298 cm³/mol. The Bertz CT molecular complexity index is 2200. The van der Waals surface area contributed by atoms with Gasteiger partial charge in [-0.05, 0) is 66.2 Å². The molecule has 0 saturated carbocycles. The Hall–Kier alpha value is -5.17. The van der Waals surface area contributed by atoms with Gasteiger partial charge in [-0.2, -0.15) is 0 Å². The maximum atomic E-state index is 11.3. The lowest BCUT2D eigenvalue weighted by Crippen LogP contribution is -2.14. The fourth-order valence-corrected chi connectivity index (χ4v) is 5.90. The van der Waals surface area contributed by atoms with E-state index in [9.17, 15) is 61.2 Å². The van der Waals surface area contributed by atoms with Crippen molar-refractivity contribution in [2.24, 2.45) is 0 Å². The molecule has 0 aromatic rings. The van der Waals surface area contributed by atoms with Crippen molar-refractivity contribution in [2.45, 2.75) is 105 Å². The molecule has 496 valence electrons. The summed E-state index contributed by atoms with van der Waals surface area (Å²) in [4.78, 5) is 154. The Kier molecular flexibility index (Phi) is 58.7. The average Bonchev–Trinajstić information content (AvgIpc) is 3.42. The molecule has 0 aliphatic rings. The number of ether oxygens (including phenoxy) is 8. The van der Waals surface area contributed by atoms with Crippen molar-refractivity contribution in [1.29, 1.82) is 0 Å². The molecule has 34 nitrogen and oxygen atoms in total. The largest absolute Gasteiger partial charge is 0.694 e. The van der Waals surface area contributed by atoms with Crippen LogP contribution >= 0.6 is 40.0 Å². The van der Waals surface area contributed by atoms with Crippen LogP contribution < -0.4 is 0 Å². The highest BCUT2D eigenvalue weighted by Gasteiger charge is 2.17. The zero-order chi connectivity index (χ0) is 67.2. The van der Waals surface area contributed by atoms with E-state index in [1.54, 1.807) is 0 Å². The Morgan fingerprint density at radius 1 is 0.360 bits per heavy atom. The van der Waals surface area contributed by atoms with Gasteiger partial charge in [-0.15, -0.1) is 18.8 Å². The van der Waals surface area contributed by atoms with Crippen molar-refractivity contribution in [3.05, 3.63) is 61.3 Å². The normalized spacial score (nSPS) is 10.9. The fourth-order valence-electron chi connectivity index (χ4n) is 4.34. The Morgan fingerprint density at radius 3 is 0.837 bits per heavy atom. The van der Waals surface area contributed by atoms with E-state index in [-0.39, 0.29) is 128 Å². The number of carbonyl (C=O) groups excluding carboxylic acids is 8. The number of phosphoric acid groups is 3. The van der Waals surface area contributed by atoms with E-state index >= 15 is 0 Å². The van der Waals surface area contributed by atoms with Crippen LogP contribution in [-0.4, -0.2) is 173 Å². The summed E-state index contributed by atoms with van der Waals surface area (Å²) in [5, 5.41) is 0. The third kappa shape index (κ3) is 78.8. The van der Waals surface area contributed by atoms with Gasteiger partial charge in [-0.25, -0.2) is 37.7 Å². The molecule has 39 heteroatoms. The van der Waals surface area contributed by atoms with E-state index in [1.807, 2.05) is 0 Å². The summed E-state index contributed by atoms with van der Waals surface area (Å²) >= 11 is 0. The molecule has 8 N–H and O–H groups in total. The molecule has 0 spiro atoms. The van der Waals surface area contributed by atoms with Crippen molar-refractivity contribution in [3.8, 4) is 0 Å². The molecule has 0 aromatic heterocycles. The van der Waals surface area contributed by atoms with Crippen LogP contribution in [0, 0.1) is 0 Å². The van der Waals surface area contributed by atoms with Gasteiger partial charge in [0, 0.05) is 56.8 Å². The van der Waals surface area contributed by atoms with Crippen LogP contribution in [0.4, 0.5) is 0 Å². The number of rotatable bonds is 43. The van der Waals surface area contributed by atoms with E-state index < -0.39 is 75.8 Å². The molecule has 0 heterocycles. The van der Waals surface area contributed by atoms with Gasteiger partial charge in [-0.1, -0.05) is 52.2 Å². The molecule has 86 heavy (non-hydrogen) atoms. The second-order valence-corrected chi connectivity index (χ2v) is 21.4. The summed E-state index contributed by atoms with van der Waals surface area (Å²) in [6, 6.07) is 0. The summed E-state index contributed by atoms with van der Waals surface area (Å²) in [5.41, 5.74) is 1.08. The number of hydrogen-bond acceptors (Lipinski definition) is 26. The number of unbranched alkanes of at least 4 members (excludes halogenated alkanes) is 6. The summed E-state index contributed by atoms with van der Waals surface area (Å²) < 4.78 is 110. The highest BCUT2D eigenvalue weighted by molar-refractivity contribution is 7.46. The predicted octanol–water partition coefficient (Wildman–Crippen LogP) is 5.11. The van der Waals surface area contributed by atoms with Crippen LogP contribution in [0.25, 0.3) is 0 Å². The Labute approximate surface area is 499 Å². The van der Waals surface area contributed by atoms with E-state index in [0.717, 1.165) is 6.08 Å².